The van der Waals surface area contributed by atoms with Gasteiger partial charge < -0.3 is 5.11 Å². The summed E-state index contributed by atoms with van der Waals surface area (Å²) in [4.78, 5) is 18.4. The predicted octanol–water partition coefficient (Wildman–Crippen LogP) is 13.5. The van der Waals surface area contributed by atoms with Crippen LogP contribution in [0.1, 0.15) is 104 Å². The van der Waals surface area contributed by atoms with Gasteiger partial charge >= 0.3 is 0 Å². The zero-order valence-electron chi connectivity index (χ0n) is 33.8. The third-order valence-electron chi connectivity index (χ3n) is 11.5. The van der Waals surface area contributed by atoms with E-state index in [2.05, 4.69) is 108 Å². The number of aliphatic hydroxyl groups excluding tert-OH is 1. The number of allylic oxidation sites excluding steroid dienone is 2. The van der Waals surface area contributed by atoms with E-state index >= 15 is 0 Å². The molecule has 0 amide bonds. The fraction of sp³-hybridized carbons (Fsp3) is 0.435. The first-order chi connectivity index (χ1) is 23.9. The Labute approximate surface area is 332 Å². The van der Waals surface area contributed by atoms with Gasteiger partial charge in [-0.05, 0) is 73.6 Å². The van der Waals surface area contributed by atoms with Gasteiger partial charge in [0.1, 0.15) is 5.76 Å². The molecule has 52 heavy (non-hydrogen) atoms. The van der Waals surface area contributed by atoms with Crippen LogP contribution < -0.4 is 5.19 Å². The van der Waals surface area contributed by atoms with Gasteiger partial charge in [-0.3, -0.25) is 9.78 Å². The van der Waals surface area contributed by atoms with Crippen LogP contribution in [0.5, 0.6) is 0 Å². The van der Waals surface area contributed by atoms with E-state index in [1.807, 2.05) is 59.1 Å². The van der Waals surface area contributed by atoms with Crippen molar-refractivity contribution in [3.05, 3.63) is 95.4 Å². The van der Waals surface area contributed by atoms with Crippen molar-refractivity contribution < 1.29 is 30.0 Å². The van der Waals surface area contributed by atoms with Crippen molar-refractivity contribution in [2.45, 2.75) is 120 Å². The molecule has 2 heterocycles. The van der Waals surface area contributed by atoms with Crippen molar-refractivity contribution in [1.29, 1.82) is 0 Å². The molecule has 0 spiro atoms. The van der Waals surface area contributed by atoms with Crippen LogP contribution in [0, 0.1) is 30.7 Å². The third kappa shape index (κ3) is 9.06. The number of ketones is 1. The second-order valence-corrected chi connectivity index (χ2v) is 22.2. The molecule has 3 aromatic carbocycles. The standard InChI is InChI=1S/C31H32NSSi.C15H28O2.Ir/c1-19(2)28-18-23(17-22-10-8-9-11-27(22)28)29-31-26(14-15-32-29)21(4)30(33-31)25-13-12-24(16-20(25)3)34(5,6)7;1-7-14(5,8-2)12(16)11-13(17)15(6,9-3)10-4;/h8-16,18-19H,1-7H3;11,16H,7-10H2,1-6H3;/q-1;;/b;12-11-;. The van der Waals surface area contributed by atoms with Gasteiger partial charge in [-0.25, -0.2) is 0 Å². The Hall–Kier alpha value is -2.89. The number of benzene rings is 3. The van der Waals surface area contributed by atoms with Crippen molar-refractivity contribution in [1.82, 2.24) is 4.98 Å². The number of fused-ring (bicyclic) bond motifs is 2. The molecular weight excluding hydrogens is 851 g/mol. The fourth-order valence-electron chi connectivity index (χ4n) is 6.53. The van der Waals surface area contributed by atoms with E-state index < -0.39 is 8.07 Å². The largest absolute Gasteiger partial charge is 0.512 e. The van der Waals surface area contributed by atoms with E-state index in [4.69, 9.17) is 4.98 Å². The summed E-state index contributed by atoms with van der Waals surface area (Å²) in [5.41, 5.74) is 6.94. The number of carbonyl (C=O) groups excluding carboxylic acids is 1. The molecule has 6 heteroatoms. The first-order valence-corrected chi connectivity index (χ1v) is 23.2. The van der Waals surface area contributed by atoms with Gasteiger partial charge in [-0.1, -0.05) is 128 Å². The molecule has 281 valence electrons. The normalized spacial score (nSPS) is 12.5. The zero-order valence-corrected chi connectivity index (χ0v) is 38.0. The molecule has 0 bridgehead atoms. The van der Waals surface area contributed by atoms with Gasteiger partial charge in [0, 0.05) is 58.5 Å². The average Bonchev–Trinajstić information content (AvgIpc) is 3.45. The minimum atomic E-state index is -1.34. The average molecular weight is 911 g/mol. The number of hydrogen-bond donors (Lipinski definition) is 1. The number of pyridine rings is 1. The maximum Gasteiger partial charge on any atom is 0.164 e. The van der Waals surface area contributed by atoms with Crippen LogP contribution in [0.4, 0.5) is 0 Å². The summed E-state index contributed by atoms with van der Waals surface area (Å²) < 4.78 is 1.25. The Morgan fingerprint density at radius 2 is 1.52 bits per heavy atom. The number of aromatic nitrogens is 1. The predicted molar refractivity (Wildman–Crippen MR) is 226 cm³/mol. The summed E-state index contributed by atoms with van der Waals surface area (Å²) in [6.45, 7) is 28.4. The summed E-state index contributed by atoms with van der Waals surface area (Å²) in [6, 6.07) is 23.8. The van der Waals surface area contributed by atoms with Gasteiger partial charge in [-0.15, -0.1) is 40.5 Å². The molecule has 1 radical (unpaired) electrons. The Balaban J connectivity index is 0.000000347. The molecule has 0 saturated carbocycles. The second kappa shape index (κ2) is 17.5. The molecule has 5 aromatic rings. The number of aryl methyl sites for hydroxylation is 2. The molecule has 0 aliphatic rings. The van der Waals surface area contributed by atoms with E-state index in [1.54, 1.807) is 0 Å². The van der Waals surface area contributed by atoms with Crippen molar-refractivity contribution in [2.24, 2.45) is 10.8 Å². The van der Waals surface area contributed by atoms with Crippen molar-refractivity contribution >= 4 is 51.2 Å². The molecule has 0 atom stereocenters. The van der Waals surface area contributed by atoms with Crippen LogP contribution in [0.15, 0.2) is 72.6 Å². The van der Waals surface area contributed by atoms with Crippen LogP contribution in [0.2, 0.25) is 19.6 Å². The first-order valence-electron chi connectivity index (χ1n) is 18.8. The van der Waals surface area contributed by atoms with Crippen molar-refractivity contribution in [2.75, 3.05) is 0 Å². The molecule has 0 aliphatic heterocycles. The Kier molecular flexibility index (Phi) is 14.6. The number of thiophene rings is 1. The minimum Gasteiger partial charge on any atom is -0.512 e. The van der Waals surface area contributed by atoms with Crippen LogP contribution >= 0.6 is 11.3 Å². The number of hydrogen-bond acceptors (Lipinski definition) is 4. The molecular formula is C46H60IrNO2SSi-. The van der Waals surface area contributed by atoms with Gasteiger partial charge in [0.15, 0.2) is 5.78 Å². The molecule has 1 N–H and O–H groups in total. The van der Waals surface area contributed by atoms with Crippen LogP contribution in [0.25, 0.3) is 42.6 Å². The van der Waals surface area contributed by atoms with Gasteiger partial charge in [0.05, 0.1) is 8.07 Å². The molecule has 5 rings (SSSR count). The van der Waals surface area contributed by atoms with Crippen LogP contribution in [-0.4, -0.2) is 23.9 Å². The molecule has 0 fully saturated rings. The molecule has 2 aromatic heterocycles. The zero-order chi connectivity index (χ0) is 37.9. The fourth-order valence-corrected chi connectivity index (χ4v) is 9.16. The Morgan fingerprint density at radius 3 is 2.08 bits per heavy atom. The molecule has 3 nitrogen and oxygen atoms in total. The summed E-state index contributed by atoms with van der Waals surface area (Å²) in [7, 11) is -1.34. The van der Waals surface area contributed by atoms with E-state index in [9.17, 15) is 9.90 Å². The topological polar surface area (TPSA) is 50.2 Å². The SMILES string of the molecule is CCC(C)(CC)C(=O)/C=C(\O)C(C)(CC)CC.Cc1cc([Si](C)(C)C)ccc1-c1sc2c(-c3[c-]c4ccccc4c(C(C)C)c3)nccc2c1C.[Ir]. The number of nitrogens with zero attached hydrogens (tertiary/aromatic N) is 1. The minimum absolute atomic E-state index is 0. The van der Waals surface area contributed by atoms with Crippen molar-refractivity contribution in [3.8, 4) is 21.7 Å². The van der Waals surface area contributed by atoms with Gasteiger partial charge in [0.2, 0.25) is 0 Å². The number of rotatable bonds is 11. The molecule has 0 unspecified atom stereocenters. The van der Waals surface area contributed by atoms with E-state index in [-0.39, 0.29) is 42.5 Å². The summed E-state index contributed by atoms with van der Waals surface area (Å²) in [5, 5.41) is 15.4. The van der Waals surface area contributed by atoms with Gasteiger partial charge in [0.25, 0.3) is 0 Å². The van der Waals surface area contributed by atoms with E-state index in [0.29, 0.717) is 5.92 Å². The maximum absolute atomic E-state index is 12.2. The number of aliphatic hydroxyl groups is 1. The van der Waals surface area contributed by atoms with Crippen LogP contribution in [-0.2, 0) is 24.9 Å². The molecule has 0 aliphatic carbocycles. The van der Waals surface area contributed by atoms with E-state index in [1.165, 1.54) is 53.9 Å². The maximum atomic E-state index is 12.2. The Bertz CT molecular complexity index is 2040. The smallest absolute Gasteiger partial charge is 0.164 e. The summed E-state index contributed by atoms with van der Waals surface area (Å²) >= 11 is 1.87. The monoisotopic (exact) mass is 911 g/mol. The van der Waals surface area contributed by atoms with E-state index in [0.717, 1.165) is 42.3 Å². The number of carbonyl (C=O) groups is 1. The summed E-state index contributed by atoms with van der Waals surface area (Å²) in [5.74, 6) is 0.722. The summed E-state index contributed by atoms with van der Waals surface area (Å²) in [6.07, 6.45) is 6.71. The third-order valence-corrected chi connectivity index (χ3v) is 14.9. The van der Waals surface area contributed by atoms with Crippen molar-refractivity contribution in [3.63, 3.8) is 0 Å². The quantitative estimate of drug-likeness (QED) is 0.0622. The second-order valence-electron chi connectivity index (χ2n) is 16.1. The van der Waals surface area contributed by atoms with Gasteiger partial charge in [-0.2, -0.15) is 0 Å². The van der Waals surface area contributed by atoms with Crippen LogP contribution in [0.3, 0.4) is 0 Å². The molecule has 0 saturated heterocycles. The first kappa shape index (κ1) is 43.5. The Morgan fingerprint density at radius 1 is 0.904 bits per heavy atom.